The first kappa shape index (κ1) is 19.9. The number of benzene rings is 3. The zero-order valence-corrected chi connectivity index (χ0v) is 18.6. The molecule has 0 radical (unpaired) electrons. The SMILES string of the molecule is CN1C[C@H](c2ccccc2P(c2ccccc2)c2ccccc2)N=C1C(C)(C)C. The summed E-state index contributed by atoms with van der Waals surface area (Å²) in [5.74, 6) is 1.20. The molecule has 1 aliphatic heterocycles. The monoisotopic (exact) mass is 400 g/mol. The van der Waals surface area contributed by atoms with Gasteiger partial charge in [0.25, 0.3) is 0 Å². The molecule has 1 aliphatic rings. The highest BCUT2D eigenvalue weighted by molar-refractivity contribution is 7.79. The predicted molar refractivity (Wildman–Crippen MR) is 127 cm³/mol. The third kappa shape index (κ3) is 4.14. The molecule has 2 nitrogen and oxygen atoms in total. The Bertz CT molecular complexity index is 950. The van der Waals surface area contributed by atoms with E-state index in [1.165, 1.54) is 27.3 Å². The van der Waals surface area contributed by atoms with Crippen LogP contribution in [0.25, 0.3) is 0 Å². The lowest BCUT2D eigenvalue weighted by Crippen LogP contribution is -2.33. The van der Waals surface area contributed by atoms with E-state index >= 15 is 0 Å². The van der Waals surface area contributed by atoms with E-state index in [1.54, 1.807) is 0 Å². The molecule has 0 amide bonds. The van der Waals surface area contributed by atoms with E-state index in [0.29, 0.717) is 0 Å². The first-order valence-corrected chi connectivity index (χ1v) is 11.6. The lowest BCUT2D eigenvalue weighted by atomic mass is 9.94. The zero-order valence-electron chi connectivity index (χ0n) is 17.7. The van der Waals surface area contributed by atoms with E-state index in [-0.39, 0.29) is 11.5 Å². The van der Waals surface area contributed by atoms with Crippen LogP contribution in [-0.2, 0) is 0 Å². The Balaban J connectivity index is 1.84. The molecule has 29 heavy (non-hydrogen) atoms. The van der Waals surface area contributed by atoms with Gasteiger partial charge in [0.05, 0.1) is 6.04 Å². The molecular formula is C26H29N2P. The van der Waals surface area contributed by atoms with Crippen molar-refractivity contribution in [3.05, 3.63) is 90.5 Å². The van der Waals surface area contributed by atoms with Crippen molar-refractivity contribution in [3.63, 3.8) is 0 Å². The molecule has 0 spiro atoms. The second-order valence-corrected chi connectivity index (χ2v) is 10.8. The quantitative estimate of drug-likeness (QED) is 0.570. The van der Waals surface area contributed by atoms with Crippen molar-refractivity contribution in [2.45, 2.75) is 26.8 Å². The fourth-order valence-corrected chi connectivity index (χ4v) is 6.63. The third-order valence-corrected chi connectivity index (χ3v) is 7.84. The molecule has 148 valence electrons. The molecule has 0 aliphatic carbocycles. The summed E-state index contributed by atoms with van der Waals surface area (Å²) in [4.78, 5) is 7.52. The zero-order chi connectivity index (χ0) is 20.4. The van der Waals surface area contributed by atoms with Crippen LogP contribution in [0.5, 0.6) is 0 Å². The van der Waals surface area contributed by atoms with Gasteiger partial charge in [-0.05, 0) is 29.4 Å². The summed E-state index contributed by atoms with van der Waals surface area (Å²) in [6, 6.07) is 31.0. The van der Waals surface area contributed by atoms with Crippen LogP contribution in [0.4, 0.5) is 0 Å². The number of aliphatic imine (C=N–C) groups is 1. The van der Waals surface area contributed by atoms with Crippen LogP contribution in [0.1, 0.15) is 32.4 Å². The lowest BCUT2D eigenvalue weighted by molar-refractivity contribution is 0.449. The highest BCUT2D eigenvalue weighted by Gasteiger charge is 2.33. The third-order valence-electron chi connectivity index (χ3n) is 5.32. The fourth-order valence-electron chi connectivity index (χ4n) is 4.12. The van der Waals surface area contributed by atoms with E-state index in [2.05, 4.69) is 118 Å². The summed E-state index contributed by atoms with van der Waals surface area (Å²) >= 11 is 0. The van der Waals surface area contributed by atoms with Crippen LogP contribution in [0.2, 0.25) is 0 Å². The van der Waals surface area contributed by atoms with Crippen molar-refractivity contribution in [1.82, 2.24) is 4.90 Å². The van der Waals surface area contributed by atoms with Crippen LogP contribution < -0.4 is 15.9 Å². The van der Waals surface area contributed by atoms with Gasteiger partial charge in [-0.15, -0.1) is 0 Å². The van der Waals surface area contributed by atoms with Crippen molar-refractivity contribution in [1.29, 1.82) is 0 Å². The van der Waals surface area contributed by atoms with Gasteiger partial charge >= 0.3 is 0 Å². The minimum Gasteiger partial charge on any atom is -0.360 e. The van der Waals surface area contributed by atoms with Crippen molar-refractivity contribution >= 4 is 29.7 Å². The molecule has 0 bridgehead atoms. The maximum absolute atomic E-state index is 5.19. The Hall–Kier alpha value is -2.44. The van der Waals surface area contributed by atoms with Gasteiger partial charge in [0.2, 0.25) is 0 Å². The topological polar surface area (TPSA) is 15.6 Å². The van der Waals surface area contributed by atoms with Crippen molar-refractivity contribution < 1.29 is 0 Å². The molecule has 0 unspecified atom stereocenters. The summed E-state index contributed by atoms with van der Waals surface area (Å²) in [6.45, 7) is 7.68. The summed E-state index contributed by atoms with van der Waals surface area (Å²) in [7, 11) is 1.54. The first-order chi connectivity index (χ1) is 13.9. The van der Waals surface area contributed by atoms with E-state index in [4.69, 9.17) is 4.99 Å². The number of amidine groups is 1. The van der Waals surface area contributed by atoms with Crippen LogP contribution >= 0.6 is 7.92 Å². The van der Waals surface area contributed by atoms with Crippen molar-refractivity contribution in [3.8, 4) is 0 Å². The van der Waals surface area contributed by atoms with Gasteiger partial charge in [-0.3, -0.25) is 4.99 Å². The Morgan fingerprint density at radius 2 is 1.31 bits per heavy atom. The highest BCUT2D eigenvalue weighted by atomic mass is 31.1. The molecule has 0 N–H and O–H groups in total. The number of likely N-dealkylation sites (N-methyl/N-ethyl adjacent to an activating group) is 1. The van der Waals surface area contributed by atoms with Crippen LogP contribution in [0.15, 0.2) is 89.9 Å². The van der Waals surface area contributed by atoms with Crippen molar-refractivity contribution in [2.24, 2.45) is 10.4 Å². The molecule has 3 aromatic rings. The second-order valence-electron chi connectivity index (χ2n) is 8.66. The smallest absolute Gasteiger partial charge is 0.105 e. The largest absolute Gasteiger partial charge is 0.360 e. The van der Waals surface area contributed by atoms with Crippen LogP contribution in [-0.4, -0.2) is 24.3 Å². The van der Waals surface area contributed by atoms with E-state index < -0.39 is 7.92 Å². The summed E-state index contributed by atoms with van der Waals surface area (Å²) in [5, 5.41) is 4.18. The summed E-state index contributed by atoms with van der Waals surface area (Å²) in [5.41, 5.74) is 1.42. The van der Waals surface area contributed by atoms with Gasteiger partial charge < -0.3 is 4.90 Å². The van der Waals surface area contributed by atoms with Gasteiger partial charge in [0.1, 0.15) is 5.84 Å². The Labute approximate surface area is 176 Å². The van der Waals surface area contributed by atoms with E-state index in [1.807, 2.05) is 0 Å². The summed E-state index contributed by atoms with van der Waals surface area (Å²) in [6.07, 6.45) is 0. The number of nitrogens with zero attached hydrogens (tertiary/aromatic N) is 2. The standard InChI is InChI=1S/C26H29N2P/c1-26(2,3)25-27-23(19-28(25)4)22-17-11-12-18-24(22)29(20-13-7-5-8-14-20)21-15-9-6-10-16-21/h5-18,23H,19H2,1-4H3/t23-/m1/s1. The second kappa shape index (κ2) is 8.13. The minimum atomic E-state index is -0.627. The molecule has 4 rings (SSSR count). The Kier molecular flexibility index (Phi) is 5.56. The van der Waals surface area contributed by atoms with E-state index in [9.17, 15) is 0 Å². The number of rotatable bonds is 4. The highest BCUT2D eigenvalue weighted by Crippen LogP contribution is 2.38. The van der Waals surface area contributed by atoms with Crippen LogP contribution in [0.3, 0.4) is 0 Å². The molecule has 3 aromatic carbocycles. The molecule has 3 heteroatoms. The minimum absolute atomic E-state index is 0.0576. The average molecular weight is 401 g/mol. The van der Waals surface area contributed by atoms with Crippen LogP contribution in [0, 0.1) is 5.41 Å². The van der Waals surface area contributed by atoms with Gasteiger partial charge in [-0.1, -0.05) is 106 Å². The maximum atomic E-state index is 5.19. The Morgan fingerprint density at radius 1 is 0.793 bits per heavy atom. The summed E-state index contributed by atoms with van der Waals surface area (Å²) < 4.78 is 0. The fraction of sp³-hybridized carbons (Fsp3) is 0.269. The number of hydrogen-bond acceptors (Lipinski definition) is 2. The molecule has 0 saturated heterocycles. The first-order valence-electron chi connectivity index (χ1n) is 10.2. The van der Waals surface area contributed by atoms with Crippen molar-refractivity contribution in [2.75, 3.05) is 13.6 Å². The van der Waals surface area contributed by atoms with Gasteiger partial charge in [-0.2, -0.15) is 0 Å². The molecule has 1 atom stereocenters. The molecule has 0 fully saturated rings. The lowest BCUT2D eigenvalue weighted by Gasteiger charge is -2.25. The van der Waals surface area contributed by atoms with E-state index in [0.717, 1.165) is 6.54 Å². The molecule has 0 aromatic heterocycles. The van der Waals surface area contributed by atoms with Gasteiger partial charge in [-0.25, -0.2) is 0 Å². The van der Waals surface area contributed by atoms with Gasteiger partial charge in [0, 0.05) is 19.0 Å². The van der Waals surface area contributed by atoms with Gasteiger partial charge in [0.15, 0.2) is 0 Å². The number of hydrogen-bond donors (Lipinski definition) is 0. The Morgan fingerprint density at radius 3 is 1.83 bits per heavy atom. The predicted octanol–water partition coefficient (Wildman–Crippen LogP) is 4.88. The molecule has 0 saturated carbocycles. The molecule has 1 heterocycles. The maximum Gasteiger partial charge on any atom is 0.105 e. The average Bonchev–Trinajstić information content (AvgIpc) is 3.12. The molecular weight excluding hydrogens is 371 g/mol. The normalized spacial score (nSPS) is 16.9.